The Morgan fingerprint density at radius 1 is 1.11 bits per heavy atom. The number of amides is 2. The molecule has 1 saturated heterocycles. The van der Waals surface area contributed by atoms with Crippen LogP contribution in [0.15, 0.2) is 48.5 Å². The molecule has 1 fully saturated rings. The van der Waals surface area contributed by atoms with Crippen molar-refractivity contribution in [3.05, 3.63) is 59.7 Å². The van der Waals surface area contributed by atoms with Gasteiger partial charge in [0.1, 0.15) is 12.4 Å². The summed E-state index contributed by atoms with van der Waals surface area (Å²) >= 11 is 0. The van der Waals surface area contributed by atoms with Gasteiger partial charge in [0, 0.05) is 24.9 Å². The van der Waals surface area contributed by atoms with Crippen molar-refractivity contribution in [2.75, 3.05) is 25.6 Å². The summed E-state index contributed by atoms with van der Waals surface area (Å²) in [5.74, 6) is 0.480. The lowest BCUT2D eigenvalue weighted by Gasteiger charge is -2.12. The maximum absolute atomic E-state index is 12.4. The summed E-state index contributed by atoms with van der Waals surface area (Å²) in [4.78, 5) is 23.7. The molecule has 142 valence electrons. The molecule has 2 N–H and O–H groups in total. The smallest absolute Gasteiger partial charge is 0.255 e. The molecular weight excluding hydrogens is 344 g/mol. The van der Waals surface area contributed by atoms with Gasteiger partial charge in [0.05, 0.1) is 12.5 Å². The maximum atomic E-state index is 12.4. The van der Waals surface area contributed by atoms with Crippen LogP contribution in [0.25, 0.3) is 0 Å². The van der Waals surface area contributed by atoms with Crippen LogP contribution in [0.4, 0.5) is 5.69 Å². The summed E-state index contributed by atoms with van der Waals surface area (Å²) in [6.07, 6.45) is 2.60. The van der Waals surface area contributed by atoms with E-state index in [0.717, 1.165) is 30.8 Å². The average molecular weight is 368 g/mol. The number of anilines is 1. The highest BCUT2D eigenvalue weighted by atomic mass is 16.5. The molecule has 1 aliphatic rings. The molecular formula is C21H24N2O4. The molecule has 6 heteroatoms. The van der Waals surface area contributed by atoms with E-state index in [-0.39, 0.29) is 17.9 Å². The maximum Gasteiger partial charge on any atom is 0.255 e. The minimum Gasteiger partial charge on any atom is -0.491 e. The normalized spacial score (nSPS) is 16.0. The van der Waals surface area contributed by atoms with Crippen molar-refractivity contribution in [1.82, 2.24) is 5.32 Å². The van der Waals surface area contributed by atoms with Gasteiger partial charge in [0.2, 0.25) is 5.91 Å². The minimum absolute atomic E-state index is 0.0476. The Balaban J connectivity index is 1.52. The van der Waals surface area contributed by atoms with Crippen molar-refractivity contribution >= 4 is 17.5 Å². The zero-order chi connectivity index (χ0) is 19.1. The first-order chi connectivity index (χ1) is 13.1. The zero-order valence-electron chi connectivity index (χ0n) is 15.4. The summed E-state index contributed by atoms with van der Waals surface area (Å²) in [7, 11) is 1.61. The minimum atomic E-state index is -0.195. The van der Waals surface area contributed by atoms with Crippen LogP contribution in [0, 0.1) is 0 Å². The van der Waals surface area contributed by atoms with Gasteiger partial charge < -0.3 is 20.1 Å². The fourth-order valence-electron chi connectivity index (χ4n) is 2.85. The first-order valence-corrected chi connectivity index (χ1v) is 9.09. The summed E-state index contributed by atoms with van der Waals surface area (Å²) in [5, 5.41) is 5.43. The van der Waals surface area contributed by atoms with E-state index in [2.05, 4.69) is 10.6 Å². The highest BCUT2D eigenvalue weighted by Crippen LogP contribution is 2.18. The number of carbonyl (C=O) groups excluding carboxylic acids is 2. The number of nitrogens with one attached hydrogen (secondary N) is 2. The van der Waals surface area contributed by atoms with E-state index >= 15 is 0 Å². The predicted molar refractivity (Wildman–Crippen MR) is 103 cm³/mol. The first kappa shape index (κ1) is 18.9. The third kappa shape index (κ3) is 5.56. The van der Waals surface area contributed by atoms with Crippen molar-refractivity contribution in [3.8, 4) is 5.75 Å². The van der Waals surface area contributed by atoms with Crippen LogP contribution < -0.4 is 15.4 Å². The van der Waals surface area contributed by atoms with Gasteiger partial charge in [-0.2, -0.15) is 0 Å². The molecule has 1 atom stereocenters. The number of likely N-dealkylation sites (N-methyl/N-ethyl adjacent to an activating group) is 1. The lowest BCUT2D eigenvalue weighted by Crippen LogP contribution is -2.19. The number of hydrogen-bond donors (Lipinski definition) is 2. The molecule has 0 aromatic heterocycles. The van der Waals surface area contributed by atoms with E-state index < -0.39 is 0 Å². The highest BCUT2D eigenvalue weighted by Gasteiger charge is 2.16. The SMILES string of the molecule is CNC(=O)Cc1ccc(NC(=O)c2ccc(OCC3CCCO3)cc2)cc1. The van der Waals surface area contributed by atoms with E-state index in [1.165, 1.54) is 0 Å². The van der Waals surface area contributed by atoms with Crippen molar-refractivity contribution in [2.24, 2.45) is 0 Å². The van der Waals surface area contributed by atoms with Crippen LogP contribution >= 0.6 is 0 Å². The number of benzene rings is 2. The molecule has 2 aromatic carbocycles. The van der Waals surface area contributed by atoms with Gasteiger partial charge in [0.25, 0.3) is 5.91 Å². The Bertz CT molecular complexity index is 766. The third-order valence-electron chi connectivity index (χ3n) is 4.43. The van der Waals surface area contributed by atoms with Crippen LogP contribution in [0.2, 0.25) is 0 Å². The molecule has 1 unspecified atom stereocenters. The van der Waals surface area contributed by atoms with Gasteiger partial charge in [-0.15, -0.1) is 0 Å². The largest absolute Gasteiger partial charge is 0.491 e. The van der Waals surface area contributed by atoms with Gasteiger partial charge in [-0.05, 0) is 54.8 Å². The summed E-state index contributed by atoms with van der Waals surface area (Å²) in [5.41, 5.74) is 2.12. The Labute approximate surface area is 158 Å². The van der Waals surface area contributed by atoms with Crippen molar-refractivity contribution < 1.29 is 19.1 Å². The number of rotatable bonds is 7. The summed E-state index contributed by atoms with van der Waals surface area (Å²) in [6, 6.07) is 14.3. The molecule has 0 bridgehead atoms. The molecule has 6 nitrogen and oxygen atoms in total. The fourth-order valence-corrected chi connectivity index (χ4v) is 2.85. The molecule has 0 radical (unpaired) electrons. The quantitative estimate of drug-likeness (QED) is 0.788. The Kier molecular flexibility index (Phi) is 6.44. The lowest BCUT2D eigenvalue weighted by atomic mass is 10.1. The topological polar surface area (TPSA) is 76.7 Å². The summed E-state index contributed by atoms with van der Waals surface area (Å²) in [6.45, 7) is 1.34. The zero-order valence-corrected chi connectivity index (χ0v) is 15.4. The summed E-state index contributed by atoms with van der Waals surface area (Å²) < 4.78 is 11.2. The molecule has 0 saturated carbocycles. The highest BCUT2D eigenvalue weighted by molar-refractivity contribution is 6.04. The van der Waals surface area contributed by atoms with Crippen molar-refractivity contribution in [3.63, 3.8) is 0 Å². The lowest BCUT2D eigenvalue weighted by molar-refractivity contribution is -0.119. The first-order valence-electron chi connectivity index (χ1n) is 9.09. The fraction of sp³-hybridized carbons (Fsp3) is 0.333. The number of carbonyl (C=O) groups is 2. The Morgan fingerprint density at radius 3 is 2.48 bits per heavy atom. The van der Waals surface area contributed by atoms with E-state index in [9.17, 15) is 9.59 Å². The van der Waals surface area contributed by atoms with Crippen molar-refractivity contribution in [1.29, 1.82) is 0 Å². The van der Waals surface area contributed by atoms with E-state index in [1.807, 2.05) is 12.1 Å². The number of hydrogen-bond acceptors (Lipinski definition) is 4. The molecule has 2 aromatic rings. The van der Waals surface area contributed by atoms with E-state index in [4.69, 9.17) is 9.47 Å². The molecule has 1 heterocycles. The van der Waals surface area contributed by atoms with Gasteiger partial charge in [-0.3, -0.25) is 9.59 Å². The van der Waals surface area contributed by atoms with Crippen LogP contribution in [-0.2, 0) is 16.0 Å². The van der Waals surface area contributed by atoms with Crippen LogP contribution in [-0.4, -0.2) is 38.2 Å². The van der Waals surface area contributed by atoms with E-state index in [1.54, 1.807) is 43.4 Å². The van der Waals surface area contributed by atoms with Gasteiger partial charge in [0.15, 0.2) is 0 Å². The molecule has 1 aliphatic heterocycles. The second-order valence-corrected chi connectivity index (χ2v) is 6.47. The third-order valence-corrected chi connectivity index (χ3v) is 4.43. The van der Waals surface area contributed by atoms with Gasteiger partial charge >= 0.3 is 0 Å². The number of ether oxygens (including phenoxy) is 2. The van der Waals surface area contributed by atoms with Gasteiger partial charge in [-0.25, -0.2) is 0 Å². The molecule has 0 spiro atoms. The van der Waals surface area contributed by atoms with Crippen LogP contribution in [0.1, 0.15) is 28.8 Å². The Hall–Kier alpha value is -2.86. The molecule has 0 aliphatic carbocycles. The molecule has 2 amide bonds. The van der Waals surface area contributed by atoms with E-state index in [0.29, 0.717) is 24.3 Å². The standard InChI is InChI=1S/C21H24N2O4/c1-22-20(24)13-15-4-8-17(9-5-15)23-21(25)16-6-10-18(11-7-16)27-14-19-3-2-12-26-19/h4-11,19H,2-3,12-14H2,1H3,(H,22,24)(H,23,25). The predicted octanol–water partition coefficient (Wildman–Crippen LogP) is 2.79. The second-order valence-electron chi connectivity index (χ2n) is 6.47. The Morgan fingerprint density at radius 2 is 1.85 bits per heavy atom. The van der Waals surface area contributed by atoms with Crippen LogP contribution in [0.5, 0.6) is 5.75 Å². The van der Waals surface area contributed by atoms with Crippen LogP contribution in [0.3, 0.4) is 0 Å². The van der Waals surface area contributed by atoms with Gasteiger partial charge in [-0.1, -0.05) is 12.1 Å². The molecule has 27 heavy (non-hydrogen) atoms. The average Bonchev–Trinajstić information content (AvgIpc) is 3.22. The van der Waals surface area contributed by atoms with Crippen molar-refractivity contribution in [2.45, 2.75) is 25.4 Å². The monoisotopic (exact) mass is 368 g/mol. The molecule has 3 rings (SSSR count). The second kappa shape index (κ2) is 9.19.